The maximum Gasteiger partial charge on any atom is 0.303 e. The zero-order valence-electron chi connectivity index (χ0n) is 14.3. The summed E-state index contributed by atoms with van der Waals surface area (Å²) >= 11 is 5.09. The molecule has 0 spiro atoms. The molecule has 2 heterocycles. The first kappa shape index (κ1) is 17.7. The number of H-pyrrole nitrogens is 1. The van der Waals surface area contributed by atoms with Gasteiger partial charge in [0.25, 0.3) is 5.56 Å². The Balaban J connectivity index is 2.06. The molecule has 1 aromatic carbocycles. The van der Waals surface area contributed by atoms with Crippen LogP contribution in [0.25, 0.3) is 10.9 Å². The van der Waals surface area contributed by atoms with Crippen LogP contribution < -0.4 is 5.56 Å². The smallest absolute Gasteiger partial charge is 0.303 e. The van der Waals surface area contributed by atoms with E-state index in [1.807, 2.05) is 42.8 Å². The number of aromatic nitrogens is 4. The van der Waals surface area contributed by atoms with Crippen LogP contribution in [0.2, 0.25) is 0 Å². The van der Waals surface area contributed by atoms with Gasteiger partial charge < -0.3 is 9.67 Å². The predicted molar refractivity (Wildman–Crippen MR) is 100 cm³/mol. The monoisotopic (exact) mass is 371 g/mol. The summed E-state index contributed by atoms with van der Waals surface area (Å²) in [5, 5.41) is 20.4. The van der Waals surface area contributed by atoms with Crippen LogP contribution >= 0.6 is 12.2 Å². The normalized spacial score (nSPS) is 11.5. The van der Waals surface area contributed by atoms with E-state index >= 15 is 0 Å². The van der Waals surface area contributed by atoms with E-state index < -0.39 is 11.5 Å². The van der Waals surface area contributed by atoms with Gasteiger partial charge in [-0.3, -0.25) is 14.7 Å². The van der Waals surface area contributed by atoms with Crippen molar-refractivity contribution < 1.29 is 9.90 Å². The number of nitrogens with zero attached hydrogens (tertiary/aromatic N) is 4. The van der Waals surface area contributed by atoms with E-state index in [4.69, 9.17) is 17.3 Å². The highest BCUT2D eigenvalue weighted by atomic mass is 32.1. The van der Waals surface area contributed by atoms with Crippen LogP contribution in [0, 0.1) is 11.7 Å². The van der Waals surface area contributed by atoms with E-state index in [0.717, 1.165) is 26.8 Å². The SMILES string of the molecule is Cc1c(/C=N\n2c(=S)[nH]nc(CCC(=O)O)c2=O)c2ccccc2n1C. The van der Waals surface area contributed by atoms with Crippen molar-refractivity contribution >= 4 is 35.3 Å². The Morgan fingerprint density at radius 2 is 2.15 bits per heavy atom. The average molecular weight is 371 g/mol. The number of aliphatic carboxylic acids is 1. The van der Waals surface area contributed by atoms with Crippen LogP contribution in [0.4, 0.5) is 0 Å². The Hall–Kier alpha value is -3.07. The fourth-order valence-corrected chi connectivity index (χ4v) is 2.92. The number of aromatic amines is 1. The molecule has 0 fully saturated rings. The van der Waals surface area contributed by atoms with Gasteiger partial charge in [0.15, 0.2) is 0 Å². The van der Waals surface area contributed by atoms with Gasteiger partial charge in [-0.1, -0.05) is 18.2 Å². The molecule has 9 heteroatoms. The van der Waals surface area contributed by atoms with Crippen molar-refractivity contribution in [1.82, 2.24) is 19.4 Å². The predicted octanol–water partition coefficient (Wildman–Crippen LogP) is 2.00. The third kappa shape index (κ3) is 3.21. The number of para-hydroxylation sites is 1. The number of rotatable bonds is 5. The highest BCUT2D eigenvalue weighted by molar-refractivity contribution is 7.71. The van der Waals surface area contributed by atoms with Crippen molar-refractivity contribution in [3.63, 3.8) is 0 Å². The minimum absolute atomic E-state index is 0.00307. The Morgan fingerprint density at radius 3 is 2.88 bits per heavy atom. The largest absolute Gasteiger partial charge is 0.481 e. The number of carboxylic acid groups (broad SMARTS) is 1. The fourth-order valence-electron chi connectivity index (χ4n) is 2.75. The fraction of sp³-hybridized carbons (Fsp3) is 0.235. The minimum atomic E-state index is -1.00. The number of fused-ring (bicyclic) bond motifs is 1. The lowest BCUT2D eigenvalue weighted by Crippen LogP contribution is -2.25. The van der Waals surface area contributed by atoms with Crippen LogP contribution in [0.15, 0.2) is 34.2 Å². The molecule has 0 aliphatic heterocycles. The molecule has 0 aliphatic rings. The summed E-state index contributed by atoms with van der Waals surface area (Å²) in [6.07, 6.45) is 1.39. The summed E-state index contributed by atoms with van der Waals surface area (Å²) in [6.45, 7) is 1.97. The Labute approximate surface area is 153 Å². The van der Waals surface area contributed by atoms with E-state index in [2.05, 4.69) is 15.3 Å². The number of carboxylic acids is 1. The summed E-state index contributed by atoms with van der Waals surface area (Å²) < 4.78 is 3.12. The molecule has 0 radical (unpaired) electrons. The van der Waals surface area contributed by atoms with Gasteiger partial charge in [-0.05, 0) is 25.2 Å². The Morgan fingerprint density at radius 1 is 1.42 bits per heavy atom. The van der Waals surface area contributed by atoms with Crippen molar-refractivity contribution in [1.29, 1.82) is 0 Å². The van der Waals surface area contributed by atoms with Crippen molar-refractivity contribution in [3.8, 4) is 0 Å². The lowest BCUT2D eigenvalue weighted by atomic mass is 10.1. The lowest BCUT2D eigenvalue weighted by molar-refractivity contribution is -0.136. The lowest BCUT2D eigenvalue weighted by Gasteiger charge is -2.02. The van der Waals surface area contributed by atoms with Crippen LogP contribution in [0.5, 0.6) is 0 Å². The number of carbonyl (C=O) groups is 1. The van der Waals surface area contributed by atoms with Gasteiger partial charge in [0.2, 0.25) is 4.77 Å². The van der Waals surface area contributed by atoms with E-state index in [0.29, 0.717) is 0 Å². The van der Waals surface area contributed by atoms with E-state index in [1.165, 1.54) is 0 Å². The van der Waals surface area contributed by atoms with Crippen LogP contribution in [-0.4, -0.2) is 36.7 Å². The molecule has 0 saturated carbocycles. The highest BCUT2D eigenvalue weighted by Gasteiger charge is 2.11. The van der Waals surface area contributed by atoms with Gasteiger partial charge in [0.05, 0.1) is 12.6 Å². The second-order valence-electron chi connectivity index (χ2n) is 5.81. The van der Waals surface area contributed by atoms with Gasteiger partial charge in [0, 0.05) is 35.6 Å². The summed E-state index contributed by atoms with van der Waals surface area (Å²) in [4.78, 5) is 23.2. The molecule has 134 valence electrons. The molecule has 0 atom stereocenters. The van der Waals surface area contributed by atoms with E-state index in [-0.39, 0.29) is 23.3 Å². The zero-order valence-corrected chi connectivity index (χ0v) is 15.1. The summed E-state index contributed by atoms with van der Waals surface area (Å²) in [5.74, 6) is -1.00. The first-order valence-corrected chi connectivity index (χ1v) is 8.31. The molecule has 0 bridgehead atoms. The molecular formula is C17H17N5O3S. The number of aryl methyl sites for hydroxylation is 2. The molecule has 0 unspecified atom stereocenters. The summed E-state index contributed by atoms with van der Waals surface area (Å²) in [6, 6.07) is 7.89. The maximum absolute atomic E-state index is 12.5. The van der Waals surface area contributed by atoms with Gasteiger partial charge in [-0.2, -0.15) is 14.9 Å². The third-order valence-electron chi connectivity index (χ3n) is 4.24. The van der Waals surface area contributed by atoms with Crippen LogP contribution in [0.1, 0.15) is 23.4 Å². The molecule has 8 nitrogen and oxygen atoms in total. The zero-order chi connectivity index (χ0) is 18.8. The van der Waals surface area contributed by atoms with Gasteiger partial charge in [-0.15, -0.1) is 0 Å². The molecule has 0 amide bonds. The van der Waals surface area contributed by atoms with E-state index in [9.17, 15) is 9.59 Å². The maximum atomic E-state index is 12.5. The first-order valence-electron chi connectivity index (χ1n) is 7.91. The van der Waals surface area contributed by atoms with Crippen LogP contribution in [-0.2, 0) is 18.3 Å². The molecule has 0 saturated heterocycles. The molecule has 3 rings (SSSR count). The molecular weight excluding hydrogens is 354 g/mol. The second-order valence-corrected chi connectivity index (χ2v) is 6.19. The quantitative estimate of drug-likeness (QED) is 0.527. The van der Waals surface area contributed by atoms with Gasteiger partial charge >= 0.3 is 5.97 Å². The summed E-state index contributed by atoms with van der Waals surface area (Å²) in [5.41, 5.74) is 2.49. The number of hydrogen-bond acceptors (Lipinski definition) is 5. The molecule has 26 heavy (non-hydrogen) atoms. The molecule has 0 aliphatic carbocycles. The van der Waals surface area contributed by atoms with Crippen LogP contribution in [0.3, 0.4) is 0 Å². The Bertz CT molecular complexity index is 1140. The van der Waals surface area contributed by atoms with Gasteiger partial charge in [0.1, 0.15) is 5.69 Å². The Kier molecular flexibility index (Phi) is 4.81. The third-order valence-corrected chi connectivity index (χ3v) is 4.51. The first-order chi connectivity index (χ1) is 12.4. The van der Waals surface area contributed by atoms with Gasteiger partial charge in [-0.25, -0.2) is 0 Å². The molecule has 3 aromatic rings. The highest BCUT2D eigenvalue weighted by Crippen LogP contribution is 2.23. The number of benzene rings is 1. The second kappa shape index (κ2) is 7.04. The van der Waals surface area contributed by atoms with E-state index in [1.54, 1.807) is 6.21 Å². The minimum Gasteiger partial charge on any atom is -0.481 e. The van der Waals surface area contributed by atoms with Crippen molar-refractivity contribution in [2.45, 2.75) is 19.8 Å². The summed E-state index contributed by atoms with van der Waals surface area (Å²) in [7, 11) is 1.96. The number of nitrogens with one attached hydrogen (secondary N) is 1. The van der Waals surface area contributed by atoms with Crippen molar-refractivity contribution in [2.75, 3.05) is 0 Å². The number of hydrogen-bond donors (Lipinski definition) is 2. The topological polar surface area (TPSA) is 105 Å². The van der Waals surface area contributed by atoms with Crippen molar-refractivity contribution in [3.05, 3.63) is 56.3 Å². The van der Waals surface area contributed by atoms with Crippen molar-refractivity contribution in [2.24, 2.45) is 12.1 Å². The molecule has 2 aromatic heterocycles. The molecule has 2 N–H and O–H groups in total. The average Bonchev–Trinajstić information content (AvgIpc) is 2.86. The standard InChI is InChI=1S/C17H17N5O3S/c1-10-12(11-5-3-4-6-14(11)21(10)2)9-18-22-16(25)13(7-8-15(23)24)19-20-17(22)26/h3-6,9H,7-8H2,1-2H3,(H,20,26)(H,23,24)/b18-9-.